The van der Waals surface area contributed by atoms with Crippen LogP contribution < -0.4 is 10.9 Å². The van der Waals surface area contributed by atoms with Crippen molar-refractivity contribution in [2.45, 2.75) is 13.5 Å². The van der Waals surface area contributed by atoms with Gasteiger partial charge in [0.15, 0.2) is 5.82 Å². The molecule has 0 aliphatic carbocycles. The Labute approximate surface area is 189 Å². The van der Waals surface area contributed by atoms with Crippen molar-refractivity contribution in [3.63, 3.8) is 0 Å². The van der Waals surface area contributed by atoms with E-state index in [1.54, 1.807) is 29.9 Å². The predicted molar refractivity (Wildman–Crippen MR) is 126 cm³/mol. The van der Waals surface area contributed by atoms with Gasteiger partial charge in [-0.25, -0.2) is 4.39 Å². The van der Waals surface area contributed by atoms with Gasteiger partial charge in [0, 0.05) is 39.1 Å². The molecule has 33 heavy (non-hydrogen) atoms. The molecule has 0 fully saturated rings. The van der Waals surface area contributed by atoms with Crippen LogP contribution in [0.2, 0.25) is 0 Å². The highest BCUT2D eigenvalue weighted by Crippen LogP contribution is 2.28. The van der Waals surface area contributed by atoms with E-state index < -0.39 is 11.4 Å². The normalized spacial score (nSPS) is 16.8. The largest absolute Gasteiger partial charge is 0.354 e. The molecule has 1 aromatic carbocycles. The molecule has 2 N–H and O–H groups in total. The number of hydrogen-bond acceptors (Lipinski definition) is 4. The van der Waals surface area contributed by atoms with Crippen LogP contribution in [0.1, 0.15) is 28.5 Å². The number of nitrogens with one attached hydrogen (secondary N) is 2. The molecule has 1 unspecified atom stereocenters. The highest BCUT2D eigenvalue weighted by atomic mass is 19.1. The second-order valence-electron chi connectivity index (χ2n) is 8.45. The average Bonchev–Trinajstić information content (AvgIpc) is 3.21. The zero-order valence-corrected chi connectivity index (χ0v) is 18.4. The number of pyridine rings is 1. The van der Waals surface area contributed by atoms with E-state index in [-0.39, 0.29) is 11.4 Å². The van der Waals surface area contributed by atoms with E-state index in [9.17, 15) is 14.0 Å². The molecule has 0 bridgehead atoms. The number of hydrogen-bond donors (Lipinski definition) is 2. The van der Waals surface area contributed by atoms with Crippen LogP contribution >= 0.6 is 0 Å². The summed E-state index contributed by atoms with van der Waals surface area (Å²) in [5.41, 5.74) is 4.78. The number of amides is 1. The Hall–Kier alpha value is -3.78. The molecule has 3 aromatic heterocycles. The van der Waals surface area contributed by atoms with E-state index in [0.29, 0.717) is 17.1 Å². The first kappa shape index (κ1) is 21.1. The molecule has 0 spiro atoms. The molecule has 5 rings (SSSR count). The number of carbonyl (C=O) groups is 1. The van der Waals surface area contributed by atoms with Gasteiger partial charge in [0.05, 0.1) is 11.0 Å². The number of H-pyrrole nitrogens is 1. The fourth-order valence-electron chi connectivity index (χ4n) is 4.61. The van der Waals surface area contributed by atoms with Crippen LogP contribution in [-0.2, 0) is 6.54 Å². The molecule has 1 aliphatic rings. The summed E-state index contributed by atoms with van der Waals surface area (Å²) >= 11 is 0. The summed E-state index contributed by atoms with van der Waals surface area (Å²) in [6, 6.07) is 10.9. The molecule has 7 nitrogen and oxygen atoms in total. The smallest absolute Gasteiger partial charge is 0.275 e. The van der Waals surface area contributed by atoms with E-state index in [4.69, 9.17) is 0 Å². The maximum absolute atomic E-state index is 13.9. The number of carbonyl (C=O) groups excluding carboxylic acids is 1. The van der Waals surface area contributed by atoms with Crippen LogP contribution in [0.5, 0.6) is 0 Å². The Morgan fingerprint density at radius 1 is 1.27 bits per heavy atom. The maximum atomic E-state index is 13.9. The van der Waals surface area contributed by atoms with Gasteiger partial charge in [0.25, 0.3) is 11.5 Å². The summed E-state index contributed by atoms with van der Waals surface area (Å²) < 4.78 is 15.5. The molecule has 168 valence electrons. The van der Waals surface area contributed by atoms with Crippen LogP contribution in [0.25, 0.3) is 22.1 Å². The van der Waals surface area contributed by atoms with E-state index >= 15 is 0 Å². The Kier molecular flexibility index (Phi) is 5.30. The van der Waals surface area contributed by atoms with Crippen molar-refractivity contribution in [2.75, 3.05) is 20.1 Å². The Balaban J connectivity index is 1.35. The zero-order chi connectivity index (χ0) is 23.1. The lowest BCUT2D eigenvalue weighted by Gasteiger charge is -2.31. The van der Waals surface area contributed by atoms with Gasteiger partial charge in [0.2, 0.25) is 0 Å². The minimum Gasteiger partial charge on any atom is -0.354 e. The lowest BCUT2D eigenvalue weighted by molar-refractivity contribution is 0.0958. The first-order valence-corrected chi connectivity index (χ1v) is 10.9. The third-order valence-electron chi connectivity index (χ3n) is 6.22. The molecule has 8 heteroatoms. The van der Waals surface area contributed by atoms with E-state index in [1.165, 1.54) is 11.6 Å². The van der Waals surface area contributed by atoms with Crippen LogP contribution in [0.3, 0.4) is 0 Å². The molecule has 1 aliphatic heterocycles. The maximum Gasteiger partial charge on any atom is 0.275 e. The lowest BCUT2D eigenvalue weighted by atomic mass is 9.91. The Morgan fingerprint density at radius 3 is 2.85 bits per heavy atom. The highest BCUT2D eigenvalue weighted by molar-refractivity contribution is 5.92. The summed E-state index contributed by atoms with van der Waals surface area (Å²) in [4.78, 5) is 33.5. The number of nitrogens with zero attached hydrogens (tertiary/aromatic N) is 3. The van der Waals surface area contributed by atoms with Crippen LogP contribution in [-0.4, -0.2) is 45.3 Å². The SMILES string of the molecule is CNC(=O)c1ccc(C2=CCN(Cc3ccc4c(c3)[nH]c(=O)c3c(F)ccn34)CC2C)cn1. The monoisotopic (exact) mass is 445 g/mol. The zero-order valence-electron chi connectivity index (χ0n) is 18.4. The van der Waals surface area contributed by atoms with Crippen molar-refractivity contribution in [3.8, 4) is 0 Å². The fourth-order valence-corrected chi connectivity index (χ4v) is 4.61. The van der Waals surface area contributed by atoms with Gasteiger partial charge in [-0.2, -0.15) is 0 Å². The topological polar surface area (TPSA) is 82.5 Å². The van der Waals surface area contributed by atoms with Crippen LogP contribution in [0.15, 0.2) is 59.7 Å². The minimum absolute atomic E-state index is 0.0376. The molecule has 4 aromatic rings. The van der Waals surface area contributed by atoms with Crippen molar-refractivity contribution in [1.29, 1.82) is 0 Å². The summed E-state index contributed by atoms with van der Waals surface area (Å²) in [5, 5.41) is 2.58. The Morgan fingerprint density at radius 2 is 2.12 bits per heavy atom. The van der Waals surface area contributed by atoms with Crippen molar-refractivity contribution < 1.29 is 9.18 Å². The number of rotatable bonds is 4. The lowest BCUT2D eigenvalue weighted by Crippen LogP contribution is -2.32. The van der Waals surface area contributed by atoms with Gasteiger partial charge in [-0.3, -0.25) is 19.5 Å². The number of aromatic nitrogens is 3. The molecule has 0 radical (unpaired) electrons. The molecular formula is C25H24FN5O2. The summed E-state index contributed by atoms with van der Waals surface area (Å²) in [6.45, 7) is 4.57. The van der Waals surface area contributed by atoms with Crippen molar-refractivity contribution >= 4 is 28.0 Å². The quantitative estimate of drug-likeness (QED) is 0.505. The molecule has 4 heterocycles. The van der Waals surface area contributed by atoms with Gasteiger partial charge >= 0.3 is 0 Å². The minimum atomic E-state index is -0.523. The summed E-state index contributed by atoms with van der Waals surface area (Å²) in [7, 11) is 1.59. The number of aromatic amines is 1. The fraction of sp³-hybridized carbons (Fsp3) is 0.240. The van der Waals surface area contributed by atoms with Crippen molar-refractivity contribution in [1.82, 2.24) is 24.6 Å². The molecule has 0 saturated heterocycles. The molecule has 1 amide bonds. The Bertz CT molecular complexity index is 1450. The second kappa shape index (κ2) is 8.29. The van der Waals surface area contributed by atoms with Gasteiger partial charge in [-0.05, 0) is 46.9 Å². The summed E-state index contributed by atoms with van der Waals surface area (Å²) in [6.07, 6.45) is 5.55. The second-order valence-corrected chi connectivity index (χ2v) is 8.45. The third kappa shape index (κ3) is 3.82. The molecular weight excluding hydrogens is 421 g/mol. The van der Waals surface area contributed by atoms with Gasteiger partial charge in [0.1, 0.15) is 11.2 Å². The van der Waals surface area contributed by atoms with E-state index in [0.717, 1.165) is 36.3 Å². The van der Waals surface area contributed by atoms with Crippen LogP contribution in [0.4, 0.5) is 4.39 Å². The average molecular weight is 445 g/mol. The molecule has 1 atom stereocenters. The number of halogens is 1. The van der Waals surface area contributed by atoms with Crippen molar-refractivity contribution in [2.24, 2.45) is 5.92 Å². The first-order valence-electron chi connectivity index (χ1n) is 10.9. The van der Waals surface area contributed by atoms with Crippen LogP contribution in [0, 0.1) is 11.7 Å². The van der Waals surface area contributed by atoms with E-state index in [2.05, 4.69) is 33.2 Å². The molecule has 0 saturated carbocycles. The predicted octanol–water partition coefficient (Wildman–Crippen LogP) is 3.21. The first-order chi connectivity index (χ1) is 15.9. The van der Waals surface area contributed by atoms with Gasteiger partial charge < -0.3 is 14.7 Å². The van der Waals surface area contributed by atoms with Gasteiger partial charge in [-0.1, -0.05) is 25.1 Å². The number of fused-ring (bicyclic) bond motifs is 3. The highest BCUT2D eigenvalue weighted by Gasteiger charge is 2.21. The summed E-state index contributed by atoms with van der Waals surface area (Å²) in [5.74, 6) is -0.419. The van der Waals surface area contributed by atoms with E-state index in [1.807, 2.05) is 24.3 Å². The standard InChI is InChI=1S/C25H24FN5O2/c1-15-13-30(9-7-18(15)17-4-5-20(28-12-17)24(32)27-2)14-16-3-6-22-21(11-16)29-25(33)23-19(26)8-10-31(22)23/h3-8,10-12,15H,9,13-14H2,1-2H3,(H,27,32)(H,29,33). The number of benzene rings is 1. The van der Waals surface area contributed by atoms with Crippen molar-refractivity contribution in [3.05, 3.63) is 87.9 Å². The third-order valence-corrected chi connectivity index (χ3v) is 6.22. The van der Waals surface area contributed by atoms with Gasteiger partial charge in [-0.15, -0.1) is 0 Å².